The number of rotatable bonds is 9. The fraction of sp³-hybridized carbons (Fsp3) is 0.515. The minimum Gasteiger partial charge on any atom is -0.357 e. The zero-order chi connectivity index (χ0) is 31.7. The van der Waals surface area contributed by atoms with Crippen LogP contribution >= 0.6 is 0 Å². The molecule has 2 fully saturated rings. The maximum atomic E-state index is 13.6. The van der Waals surface area contributed by atoms with E-state index in [1.54, 1.807) is 37.9 Å². The topological polar surface area (TPSA) is 140 Å². The average molecular weight is 617 g/mol. The second-order valence-corrected chi connectivity index (χ2v) is 13.0. The number of pyridine rings is 2. The third kappa shape index (κ3) is 6.48. The Labute approximate surface area is 261 Å². The van der Waals surface area contributed by atoms with Gasteiger partial charge >= 0.3 is 0 Å². The quantitative estimate of drug-likeness (QED) is 0.227. The Bertz CT molecular complexity index is 1820. The highest BCUT2D eigenvalue weighted by Gasteiger charge is 2.23. The molecule has 0 aromatic carbocycles. The molecule has 4 aromatic rings. The van der Waals surface area contributed by atoms with E-state index in [2.05, 4.69) is 44.5 Å². The van der Waals surface area contributed by atoms with E-state index < -0.39 is 0 Å². The molecule has 240 valence electrons. The van der Waals surface area contributed by atoms with Gasteiger partial charge in [0, 0.05) is 62.2 Å². The lowest BCUT2D eigenvalue weighted by Crippen LogP contribution is -2.39. The maximum absolute atomic E-state index is 13.6. The van der Waals surface area contributed by atoms with Crippen LogP contribution in [0.4, 0.5) is 0 Å². The standard InChI is InChI=1S/C33H44N8O4/c1-38-13-8-21(9-14-38)6-10-35-30(42)25-20-41(33(45)28-24(25)7-11-34-28)18-23-16-36-29-27(23)26(19-40(3)32(29)44)31(43)37-15-22-5-4-12-39(2)17-22/h7,11,16,19-22,34,36H,4-6,8-10,12-15,17-18H2,1-3H3,(H,35,42)(H,37,43). The van der Waals surface area contributed by atoms with Crippen molar-refractivity contribution in [2.45, 2.75) is 38.6 Å². The number of hydrogen-bond donors (Lipinski definition) is 4. The number of amides is 2. The average Bonchev–Trinajstić information content (AvgIpc) is 3.69. The molecular weight excluding hydrogens is 572 g/mol. The lowest BCUT2D eigenvalue weighted by Gasteiger charge is -2.29. The first-order chi connectivity index (χ1) is 21.7. The Morgan fingerprint density at radius 1 is 0.867 bits per heavy atom. The van der Waals surface area contributed by atoms with Gasteiger partial charge < -0.3 is 39.5 Å². The van der Waals surface area contributed by atoms with Gasteiger partial charge in [-0.3, -0.25) is 19.2 Å². The monoisotopic (exact) mass is 616 g/mol. The Morgan fingerprint density at radius 3 is 2.42 bits per heavy atom. The number of fused-ring (bicyclic) bond motifs is 2. The smallest absolute Gasteiger partial charge is 0.275 e. The summed E-state index contributed by atoms with van der Waals surface area (Å²) in [6.07, 6.45) is 11.8. The van der Waals surface area contributed by atoms with Crippen LogP contribution < -0.4 is 21.8 Å². The van der Waals surface area contributed by atoms with Crippen molar-refractivity contribution in [3.63, 3.8) is 0 Å². The number of piperidine rings is 2. The lowest BCUT2D eigenvalue weighted by molar-refractivity contribution is 0.0933. The van der Waals surface area contributed by atoms with Crippen molar-refractivity contribution in [3.05, 3.63) is 68.3 Å². The first-order valence-electron chi connectivity index (χ1n) is 16.0. The molecule has 4 N–H and O–H groups in total. The number of aromatic amines is 2. The van der Waals surface area contributed by atoms with Crippen LogP contribution in [-0.4, -0.2) is 94.1 Å². The van der Waals surface area contributed by atoms with Crippen molar-refractivity contribution in [2.24, 2.45) is 18.9 Å². The van der Waals surface area contributed by atoms with Crippen LogP contribution in [0.3, 0.4) is 0 Å². The fourth-order valence-electron chi connectivity index (χ4n) is 7.02. The molecule has 2 saturated heterocycles. The van der Waals surface area contributed by atoms with Gasteiger partial charge in [0.2, 0.25) is 0 Å². The molecule has 0 aliphatic carbocycles. The zero-order valence-corrected chi connectivity index (χ0v) is 26.4. The molecule has 6 rings (SSSR count). The number of aryl methyl sites for hydroxylation is 1. The van der Waals surface area contributed by atoms with E-state index in [-0.39, 0.29) is 29.5 Å². The normalized spacial score (nSPS) is 18.5. The molecule has 12 heteroatoms. The fourth-order valence-corrected chi connectivity index (χ4v) is 7.02. The van der Waals surface area contributed by atoms with Gasteiger partial charge in [-0.25, -0.2) is 0 Å². The minimum absolute atomic E-state index is 0.0739. The summed E-state index contributed by atoms with van der Waals surface area (Å²) in [5.74, 6) is 0.457. The summed E-state index contributed by atoms with van der Waals surface area (Å²) < 4.78 is 2.88. The number of carbonyl (C=O) groups excluding carboxylic acids is 2. The Kier molecular flexibility index (Phi) is 8.95. The predicted octanol–water partition coefficient (Wildman–Crippen LogP) is 2.09. The van der Waals surface area contributed by atoms with Crippen LogP contribution in [0, 0.1) is 11.8 Å². The zero-order valence-electron chi connectivity index (χ0n) is 26.4. The third-order valence-electron chi connectivity index (χ3n) is 9.66. The molecule has 0 radical (unpaired) electrons. The molecule has 2 aliphatic rings. The lowest BCUT2D eigenvalue weighted by atomic mass is 9.94. The van der Waals surface area contributed by atoms with Gasteiger partial charge in [0.15, 0.2) is 0 Å². The van der Waals surface area contributed by atoms with Crippen molar-refractivity contribution in [3.8, 4) is 0 Å². The Hall–Kier alpha value is -4.16. The molecule has 1 unspecified atom stereocenters. The second kappa shape index (κ2) is 13.1. The van der Waals surface area contributed by atoms with Crippen LogP contribution in [-0.2, 0) is 13.6 Å². The van der Waals surface area contributed by atoms with E-state index in [1.165, 1.54) is 9.13 Å². The minimum atomic E-state index is -0.288. The van der Waals surface area contributed by atoms with Gasteiger partial charge in [0.05, 0.1) is 17.7 Å². The maximum Gasteiger partial charge on any atom is 0.275 e. The number of likely N-dealkylation sites (tertiary alicyclic amines) is 2. The highest BCUT2D eigenvalue weighted by atomic mass is 16.2. The van der Waals surface area contributed by atoms with Gasteiger partial charge in [-0.05, 0) is 89.3 Å². The summed E-state index contributed by atoms with van der Waals surface area (Å²) in [5, 5.41) is 7.20. The summed E-state index contributed by atoms with van der Waals surface area (Å²) in [7, 11) is 5.85. The third-order valence-corrected chi connectivity index (χ3v) is 9.66. The molecule has 6 heterocycles. The number of nitrogens with one attached hydrogen (secondary N) is 4. The second-order valence-electron chi connectivity index (χ2n) is 13.0. The van der Waals surface area contributed by atoms with E-state index in [9.17, 15) is 19.2 Å². The van der Waals surface area contributed by atoms with E-state index in [1.807, 2.05) is 0 Å². The highest BCUT2D eigenvalue weighted by Crippen LogP contribution is 2.23. The summed E-state index contributed by atoms with van der Waals surface area (Å²) in [6.45, 7) is 5.34. The molecular formula is C33H44N8O4. The number of H-pyrrole nitrogens is 2. The van der Waals surface area contributed by atoms with Crippen LogP contribution in [0.25, 0.3) is 21.8 Å². The van der Waals surface area contributed by atoms with Gasteiger partial charge in [0.1, 0.15) is 11.0 Å². The summed E-state index contributed by atoms with van der Waals surface area (Å²) in [6, 6.07) is 1.74. The van der Waals surface area contributed by atoms with E-state index in [0.29, 0.717) is 63.4 Å². The van der Waals surface area contributed by atoms with Crippen LogP contribution in [0.5, 0.6) is 0 Å². The van der Waals surface area contributed by atoms with Gasteiger partial charge in [0.25, 0.3) is 22.9 Å². The van der Waals surface area contributed by atoms with Gasteiger partial charge in [-0.2, -0.15) is 0 Å². The molecule has 45 heavy (non-hydrogen) atoms. The van der Waals surface area contributed by atoms with Crippen LogP contribution in [0.15, 0.2) is 40.4 Å². The van der Waals surface area contributed by atoms with Crippen molar-refractivity contribution >= 4 is 33.6 Å². The van der Waals surface area contributed by atoms with Crippen molar-refractivity contribution < 1.29 is 9.59 Å². The molecule has 4 aromatic heterocycles. The summed E-state index contributed by atoms with van der Waals surface area (Å²) in [4.78, 5) is 64.2. The van der Waals surface area contributed by atoms with E-state index >= 15 is 0 Å². The van der Waals surface area contributed by atoms with Crippen LogP contribution in [0.1, 0.15) is 58.4 Å². The molecule has 2 amide bonds. The first kappa shape index (κ1) is 30.8. The van der Waals surface area contributed by atoms with E-state index in [4.69, 9.17) is 0 Å². The van der Waals surface area contributed by atoms with Crippen molar-refractivity contribution in [1.29, 1.82) is 0 Å². The number of carbonyl (C=O) groups is 2. The van der Waals surface area contributed by atoms with Gasteiger partial charge in [-0.1, -0.05) is 0 Å². The first-order valence-corrected chi connectivity index (χ1v) is 16.0. The number of nitrogens with zero attached hydrogens (tertiary/aromatic N) is 4. The Morgan fingerprint density at radius 2 is 1.64 bits per heavy atom. The summed E-state index contributed by atoms with van der Waals surface area (Å²) >= 11 is 0. The molecule has 0 bridgehead atoms. The van der Waals surface area contributed by atoms with Crippen molar-refractivity contribution in [1.82, 2.24) is 39.5 Å². The molecule has 0 spiro atoms. The SMILES string of the molecule is CN1CCC(CCNC(=O)c2cn(Cc3c[nH]c4c(=O)n(C)cc(C(=O)NCC5CCCN(C)C5)c34)c(=O)c3[nH]ccc23)CC1. The molecule has 12 nitrogen and oxygen atoms in total. The molecule has 0 saturated carbocycles. The largest absolute Gasteiger partial charge is 0.357 e. The van der Waals surface area contributed by atoms with Gasteiger partial charge in [-0.15, -0.1) is 0 Å². The Balaban J connectivity index is 1.26. The summed E-state index contributed by atoms with van der Waals surface area (Å²) in [5.41, 5.74) is 1.48. The molecule has 1 atom stereocenters. The van der Waals surface area contributed by atoms with Crippen LogP contribution in [0.2, 0.25) is 0 Å². The number of aromatic nitrogens is 4. The number of hydrogen-bond acceptors (Lipinski definition) is 6. The molecule has 2 aliphatic heterocycles. The van der Waals surface area contributed by atoms with E-state index in [0.717, 1.165) is 58.3 Å². The van der Waals surface area contributed by atoms with Crippen molar-refractivity contribution in [2.75, 3.05) is 53.4 Å². The highest BCUT2D eigenvalue weighted by molar-refractivity contribution is 6.07. The predicted molar refractivity (Wildman–Crippen MR) is 175 cm³/mol.